The van der Waals surface area contributed by atoms with E-state index in [1.54, 1.807) is 17.4 Å². The minimum Gasteiger partial charge on any atom is -0.298 e. The summed E-state index contributed by atoms with van der Waals surface area (Å²) in [5, 5.41) is 11.6. The number of hydrogen-bond donors (Lipinski definition) is 0. The number of aldehydes is 1. The van der Waals surface area contributed by atoms with Gasteiger partial charge in [-0.05, 0) is 28.1 Å². The number of carbonyl (C=O) groups is 1. The predicted molar refractivity (Wildman–Crippen MR) is 59.6 cm³/mol. The average molecular weight is 266 g/mol. The first-order chi connectivity index (χ1) is 6.77. The molecule has 4 heteroatoms. The molecule has 2 nitrogen and oxygen atoms in total. The molecule has 0 amide bonds. The molecule has 1 aromatic carbocycles. The fourth-order valence-electron chi connectivity index (χ4n) is 1.34. The monoisotopic (exact) mass is 265 g/mol. The zero-order valence-corrected chi connectivity index (χ0v) is 9.35. The van der Waals surface area contributed by atoms with Gasteiger partial charge in [0.05, 0.1) is 11.6 Å². The first-order valence-electron chi connectivity index (χ1n) is 3.83. The van der Waals surface area contributed by atoms with Crippen LogP contribution in [0.1, 0.15) is 15.9 Å². The SMILES string of the molecule is N#Cc1ccc2scc(Br)c2c1C=O. The van der Waals surface area contributed by atoms with E-state index in [0.717, 1.165) is 20.8 Å². The van der Waals surface area contributed by atoms with Crippen molar-refractivity contribution in [3.05, 3.63) is 33.1 Å². The van der Waals surface area contributed by atoms with Crippen molar-refractivity contribution in [2.24, 2.45) is 0 Å². The van der Waals surface area contributed by atoms with E-state index >= 15 is 0 Å². The highest BCUT2D eigenvalue weighted by molar-refractivity contribution is 9.10. The maximum atomic E-state index is 10.9. The van der Waals surface area contributed by atoms with Gasteiger partial charge in [-0.2, -0.15) is 5.26 Å². The number of fused-ring (bicyclic) bond motifs is 1. The molecule has 2 aromatic rings. The molecule has 0 aliphatic heterocycles. The highest BCUT2D eigenvalue weighted by Crippen LogP contribution is 2.33. The third kappa shape index (κ3) is 1.26. The van der Waals surface area contributed by atoms with Crippen molar-refractivity contribution in [2.75, 3.05) is 0 Å². The predicted octanol–water partition coefficient (Wildman–Crippen LogP) is 3.35. The molecule has 0 saturated carbocycles. The molecule has 0 bridgehead atoms. The molecule has 0 spiro atoms. The maximum absolute atomic E-state index is 10.9. The van der Waals surface area contributed by atoms with E-state index in [-0.39, 0.29) is 0 Å². The van der Waals surface area contributed by atoms with Crippen LogP contribution in [-0.4, -0.2) is 6.29 Å². The second kappa shape index (κ2) is 3.52. The van der Waals surface area contributed by atoms with E-state index < -0.39 is 0 Å². The third-order valence-corrected chi connectivity index (χ3v) is 3.85. The Morgan fingerprint density at radius 2 is 2.29 bits per heavy atom. The lowest BCUT2D eigenvalue weighted by molar-refractivity contribution is 0.112. The van der Waals surface area contributed by atoms with Gasteiger partial charge in [0.15, 0.2) is 6.29 Å². The Morgan fingerprint density at radius 3 is 2.93 bits per heavy atom. The van der Waals surface area contributed by atoms with Crippen LogP contribution in [0.4, 0.5) is 0 Å². The molecular weight excluding hydrogens is 262 g/mol. The van der Waals surface area contributed by atoms with Crippen molar-refractivity contribution in [2.45, 2.75) is 0 Å². The van der Waals surface area contributed by atoms with Crippen molar-refractivity contribution in [3.8, 4) is 6.07 Å². The van der Waals surface area contributed by atoms with Gasteiger partial charge in [-0.15, -0.1) is 11.3 Å². The van der Waals surface area contributed by atoms with Crippen molar-refractivity contribution in [1.82, 2.24) is 0 Å². The first kappa shape index (κ1) is 9.38. The minimum absolute atomic E-state index is 0.423. The largest absolute Gasteiger partial charge is 0.298 e. The fourth-order valence-corrected chi connectivity index (χ4v) is 3.01. The van der Waals surface area contributed by atoms with Gasteiger partial charge >= 0.3 is 0 Å². The van der Waals surface area contributed by atoms with E-state index in [2.05, 4.69) is 15.9 Å². The molecule has 68 valence electrons. The summed E-state index contributed by atoms with van der Waals surface area (Å²) in [5.41, 5.74) is 0.893. The van der Waals surface area contributed by atoms with Crippen LogP contribution in [0, 0.1) is 11.3 Å². The first-order valence-corrected chi connectivity index (χ1v) is 5.50. The number of rotatable bonds is 1. The number of benzene rings is 1. The molecule has 0 atom stereocenters. The van der Waals surface area contributed by atoms with Crippen LogP contribution in [0.15, 0.2) is 22.0 Å². The van der Waals surface area contributed by atoms with Gasteiger partial charge in [-0.1, -0.05) is 0 Å². The van der Waals surface area contributed by atoms with Crippen LogP contribution in [0.2, 0.25) is 0 Å². The van der Waals surface area contributed by atoms with E-state index in [1.165, 1.54) is 0 Å². The van der Waals surface area contributed by atoms with Crippen LogP contribution in [0.5, 0.6) is 0 Å². The summed E-state index contributed by atoms with van der Waals surface area (Å²) < 4.78 is 1.88. The van der Waals surface area contributed by atoms with Crippen molar-refractivity contribution in [3.63, 3.8) is 0 Å². The summed E-state index contributed by atoms with van der Waals surface area (Å²) in [5.74, 6) is 0. The van der Waals surface area contributed by atoms with E-state index in [4.69, 9.17) is 5.26 Å². The molecule has 0 unspecified atom stereocenters. The normalized spacial score (nSPS) is 10.0. The highest BCUT2D eigenvalue weighted by atomic mass is 79.9. The van der Waals surface area contributed by atoms with Crippen LogP contribution in [0.3, 0.4) is 0 Å². The Hall–Kier alpha value is -1.18. The number of thiophene rings is 1. The van der Waals surface area contributed by atoms with E-state index in [1.807, 2.05) is 17.5 Å². The molecule has 1 aromatic heterocycles. The molecule has 0 N–H and O–H groups in total. The number of nitriles is 1. The molecular formula is C10H4BrNOS. The minimum atomic E-state index is 0.423. The zero-order valence-electron chi connectivity index (χ0n) is 6.95. The second-order valence-electron chi connectivity index (χ2n) is 2.71. The van der Waals surface area contributed by atoms with Crippen LogP contribution >= 0.6 is 27.3 Å². The summed E-state index contributed by atoms with van der Waals surface area (Å²) in [4.78, 5) is 10.9. The second-order valence-corrected chi connectivity index (χ2v) is 4.48. The van der Waals surface area contributed by atoms with Crippen molar-refractivity contribution < 1.29 is 4.79 Å². The Labute approximate surface area is 92.9 Å². The number of nitrogens with zero attached hydrogens (tertiary/aromatic N) is 1. The van der Waals surface area contributed by atoms with Gasteiger partial charge in [-0.3, -0.25) is 4.79 Å². The van der Waals surface area contributed by atoms with E-state index in [0.29, 0.717) is 11.1 Å². The fraction of sp³-hybridized carbons (Fsp3) is 0. The maximum Gasteiger partial charge on any atom is 0.152 e. The lowest BCUT2D eigenvalue weighted by Crippen LogP contribution is -1.87. The molecule has 14 heavy (non-hydrogen) atoms. The molecule has 0 radical (unpaired) electrons. The number of hydrogen-bond acceptors (Lipinski definition) is 3. The Kier molecular flexibility index (Phi) is 2.36. The summed E-state index contributed by atoms with van der Waals surface area (Å²) in [7, 11) is 0. The third-order valence-electron chi connectivity index (χ3n) is 1.97. The topological polar surface area (TPSA) is 40.9 Å². The molecule has 0 fully saturated rings. The van der Waals surface area contributed by atoms with Gasteiger partial charge in [0.1, 0.15) is 0 Å². The lowest BCUT2D eigenvalue weighted by atomic mass is 10.1. The molecule has 0 aliphatic carbocycles. The summed E-state index contributed by atoms with van der Waals surface area (Å²) in [6.07, 6.45) is 0.734. The van der Waals surface area contributed by atoms with Crippen molar-refractivity contribution >= 4 is 43.6 Å². The molecule has 2 rings (SSSR count). The van der Waals surface area contributed by atoms with Gasteiger partial charge in [-0.25, -0.2) is 0 Å². The van der Waals surface area contributed by atoms with Gasteiger partial charge < -0.3 is 0 Å². The van der Waals surface area contributed by atoms with Crippen LogP contribution in [0.25, 0.3) is 10.1 Å². The van der Waals surface area contributed by atoms with E-state index in [9.17, 15) is 4.79 Å². The molecule has 0 saturated heterocycles. The van der Waals surface area contributed by atoms with Gasteiger partial charge in [0, 0.05) is 25.5 Å². The molecule has 0 aliphatic rings. The standard InChI is InChI=1S/C10H4BrNOS/c11-8-5-14-9-2-1-6(3-12)7(4-13)10(8)9/h1-2,4-5H. The summed E-state index contributed by atoms with van der Waals surface area (Å²) in [6.45, 7) is 0. The number of halogens is 1. The quantitative estimate of drug-likeness (QED) is 0.742. The van der Waals surface area contributed by atoms with Crippen LogP contribution < -0.4 is 0 Å². The summed E-state index contributed by atoms with van der Waals surface area (Å²) >= 11 is 4.91. The average Bonchev–Trinajstić information content (AvgIpc) is 2.59. The summed E-state index contributed by atoms with van der Waals surface area (Å²) in [6, 6.07) is 5.54. The smallest absolute Gasteiger partial charge is 0.152 e. The Morgan fingerprint density at radius 1 is 1.50 bits per heavy atom. The zero-order chi connectivity index (χ0) is 10.1. The van der Waals surface area contributed by atoms with Crippen LogP contribution in [-0.2, 0) is 0 Å². The Bertz CT molecular complexity index is 553. The highest BCUT2D eigenvalue weighted by Gasteiger charge is 2.10. The van der Waals surface area contributed by atoms with Crippen molar-refractivity contribution in [1.29, 1.82) is 5.26 Å². The Balaban J connectivity index is 2.97. The lowest BCUT2D eigenvalue weighted by Gasteiger charge is -1.98. The van der Waals surface area contributed by atoms with Gasteiger partial charge in [0.2, 0.25) is 0 Å². The number of carbonyl (C=O) groups excluding carboxylic acids is 1. The van der Waals surface area contributed by atoms with Gasteiger partial charge in [0.25, 0.3) is 0 Å². The molecule has 1 heterocycles.